The number of benzene rings is 4. The molecule has 0 aliphatic rings. The summed E-state index contributed by atoms with van der Waals surface area (Å²) in [5.74, 6) is -0.273. The summed E-state index contributed by atoms with van der Waals surface area (Å²) in [6, 6.07) is 41.2. The molecule has 0 spiro atoms. The molecule has 2 nitrogen and oxygen atoms in total. The molecule has 0 saturated carbocycles. The van der Waals surface area contributed by atoms with Crippen molar-refractivity contribution in [2.24, 2.45) is 0 Å². The van der Waals surface area contributed by atoms with Crippen LogP contribution < -0.4 is 13.1 Å². The zero-order chi connectivity index (χ0) is 20.8. The van der Waals surface area contributed by atoms with E-state index in [0.717, 1.165) is 9.87 Å². The number of hydrogen-bond donors (Lipinski definition) is 0. The Morgan fingerprint density at radius 1 is 0.567 bits per heavy atom. The van der Waals surface area contributed by atoms with Gasteiger partial charge in [-0.25, -0.2) is 0 Å². The van der Waals surface area contributed by atoms with Gasteiger partial charge in [0.05, 0.1) is 0 Å². The molecule has 0 radical (unpaired) electrons. The topological polar surface area (TPSA) is 26.3 Å². The van der Waals surface area contributed by atoms with Gasteiger partial charge in [-0.05, 0) is 0 Å². The van der Waals surface area contributed by atoms with Gasteiger partial charge in [-0.2, -0.15) is 0 Å². The second-order valence-electron chi connectivity index (χ2n) is 6.88. The van der Waals surface area contributed by atoms with E-state index < -0.39 is 13.1 Å². The first-order valence-corrected chi connectivity index (χ1v) is 13.6. The number of ether oxygens (including phenoxy) is 1. The van der Waals surface area contributed by atoms with Crippen molar-refractivity contribution < 1.29 is 9.53 Å². The number of rotatable bonds is 5. The fourth-order valence-electron chi connectivity index (χ4n) is 3.93. The van der Waals surface area contributed by atoms with Crippen LogP contribution in [0.3, 0.4) is 0 Å². The van der Waals surface area contributed by atoms with Crippen molar-refractivity contribution in [3.63, 3.8) is 0 Å². The molecule has 4 rings (SSSR count). The van der Waals surface area contributed by atoms with Crippen LogP contribution in [-0.2, 0) is 9.53 Å². The Morgan fingerprint density at radius 2 is 0.900 bits per heavy atom. The summed E-state index contributed by atoms with van der Waals surface area (Å²) in [5.41, 5.74) is 0.911. The Labute approximate surface area is 179 Å². The first-order chi connectivity index (χ1) is 14.8. The van der Waals surface area contributed by atoms with Gasteiger partial charge in [-0.15, -0.1) is 0 Å². The van der Waals surface area contributed by atoms with Gasteiger partial charge in [0, 0.05) is 0 Å². The van der Waals surface area contributed by atoms with E-state index >= 15 is 0 Å². The molecule has 4 aromatic rings. The van der Waals surface area contributed by atoms with E-state index in [4.69, 9.17) is 4.74 Å². The van der Waals surface area contributed by atoms with Gasteiger partial charge in [-0.3, -0.25) is 0 Å². The van der Waals surface area contributed by atoms with Crippen LogP contribution in [-0.4, -0.2) is 30.5 Å². The first kappa shape index (κ1) is 20.1. The Hall–Kier alpha value is -3.22. The summed E-state index contributed by atoms with van der Waals surface area (Å²) in [6.45, 7) is 0. The molecule has 0 saturated heterocycles. The van der Waals surface area contributed by atoms with E-state index in [0.29, 0.717) is 0 Å². The summed E-state index contributed by atoms with van der Waals surface area (Å²) in [4.78, 5) is 13.5. The van der Waals surface area contributed by atoms with Gasteiger partial charge in [0.1, 0.15) is 0 Å². The third-order valence-corrected chi connectivity index (χ3v) is 14.3. The van der Waals surface area contributed by atoms with Crippen LogP contribution in [0.15, 0.2) is 121 Å². The molecule has 0 bridgehead atoms. The van der Waals surface area contributed by atoms with Crippen molar-refractivity contribution in [2.75, 3.05) is 7.11 Å². The normalized spacial score (nSPS) is 11.0. The van der Waals surface area contributed by atoms with Crippen molar-refractivity contribution in [3.05, 3.63) is 127 Å². The summed E-state index contributed by atoms with van der Waals surface area (Å²) < 4.78 is 9.70. The molecule has 0 N–H and O–H groups in total. The molecule has 0 amide bonds. The van der Waals surface area contributed by atoms with Crippen LogP contribution in [0, 0.1) is 0 Å². The molecule has 0 aliphatic carbocycles. The van der Waals surface area contributed by atoms with Crippen molar-refractivity contribution >= 4 is 36.4 Å². The minimum atomic E-state index is -3.43. The van der Waals surface area contributed by atoms with Crippen molar-refractivity contribution in [1.29, 1.82) is 0 Å². The van der Waals surface area contributed by atoms with Crippen molar-refractivity contribution in [3.8, 4) is 0 Å². The van der Waals surface area contributed by atoms with E-state index in [2.05, 4.69) is 72.8 Å². The molecule has 30 heavy (non-hydrogen) atoms. The maximum absolute atomic E-state index is 13.5. The van der Waals surface area contributed by atoms with E-state index in [1.165, 1.54) is 20.2 Å². The van der Waals surface area contributed by atoms with E-state index in [-0.39, 0.29) is 5.97 Å². The van der Waals surface area contributed by atoms with Crippen LogP contribution in [0.1, 0.15) is 5.56 Å². The van der Waals surface area contributed by atoms with Crippen LogP contribution >= 0.6 is 0 Å². The van der Waals surface area contributed by atoms with Crippen molar-refractivity contribution in [1.82, 2.24) is 0 Å². The molecule has 0 unspecified atom stereocenters. The number of carbonyl (C=O) groups excluding carboxylic acids is 1. The van der Waals surface area contributed by atoms with Crippen LogP contribution in [0.4, 0.5) is 0 Å². The number of methoxy groups -OCH3 is 1. The average Bonchev–Trinajstić information content (AvgIpc) is 2.84. The molecule has 3 heteroatoms. The van der Waals surface area contributed by atoms with Gasteiger partial charge >= 0.3 is 180 Å². The Kier molecular flexibility index (Phi) is 6.07. The second kappa shape index (κ2) is 9.07. The van der Waals surface area contributed by atoms with Gasteiger partial charge in [0.25, 0.3) is 0 Å². The summed E-state index contributed by atoms with van der Waals surface area (Å²) in [5, 5.41) is 0. The molecule has 148 valence electrons. The van der Waals surface area contributed by atoms with Crippen LogP contribution in [0.5, 0.6) is 0 Å². The van der Waals surface area contributed by atoms with Crippen LogP contribution in [0.25, 0.3) is 0 Å². The zero-order valence-electron chi connectivity index (χ0n) is 16.8. The fourth-order valence-corrected chi connectivity index (χ4v) is 13.2. The summed E-state index contributed by atoms with van der Waals surface area (Å²) in [7, 11) is 1.47. The molecule has 0 aromatic heterocycles. The number of hydrogen-bond acceptors (Lipinski definition) is 2. The maximum atomic E-state index is 13.5. The van der Waals surface area contributed by atoms with Gasteiger partial charge < -0.3 is 0 Å². The van der Waals surface area contributed by atoms with Crippen molar-refractivity contribution in [2.45, 2.75) is 0 Å². The summed E-state index contributed by atoms with van der Waals surface area (Å²) in [6.07, 6.45) is 0. The Morgan fingerprint density at radius 3 is 1.23 bits per heavy atom. The van der Waals surface area contributed by atoms with Crippen LogP contribution in [0.2, 0.25) is 0 Å². The Bertz CT molecular complexity index is 1070. The predicted molar refractivity (Wildman–Crippen MR) is 127 cm³/mol. The minimum absolute atomic E-state index is 0.273. The fraction of sp³-hybridized carbons (Fsp3) is 0.0370. The standard InChI is InChI=1S/C27H23AsO2/c1-30-27(29)26(22-14-6-2-7-15-22)28(23-16-8-3-9-17-23,24-18-10-4-11-19-24)25-20-12-5-13-21-25/h2-21H,1H3. The second-order valence-corrected chi connectivity index (χ2v) is 13.9. The van der Waals surface area contributed by atoms with E-state index in [9.17, 15) is 4.79 Å². The third kappa shape index (κ3) is 3.55. The monoisotopic (exact) mass is 454 g/mol. The van der Waals surface area contributed by atoms with Gasteiger partial charge in [0.2, 0.25) is 0 Å². The van der Waals surface area contributed by atoms with Gasteiger partial charge in [0.15, 0.2) is 0 Å². The number of esters is 1. The third-order valence-electron chi connectivity index (χ3n) is 5.19. The number of carbonyl (C=O) groups is 1. The van der Waals surface area contributed by atoms with E-state index in [1.807, 2.05) is 48.5 Å². The molecule has 0 heterocycles. The predicted octanol–water partition coefficient (Wildman–Crippen LogP) is 3.13. The molecule has 0 atom stereocenters. The Balaban J connectivity index is 2.31. The molecule has 0 aliphatic heterocycles. The molecular weight excluding hydrogens is 431 g/mol. The van der Waals surface area contributed by atoms with E-state index in [1.54, 1.807) is 0 Å². The molecular formula is C27H23AsO2. The quantitative estimate of drug-likeness (QED) is 0.342. The first-order valence-electron chi connectivity index (χ1n) is 9.85. The zero-order valence-corrected chi connectivity index (χ0v) is 18.7. The SMILES string of the molecule is COC(=O)C(c1ccccc1)=[As](c1ccccc1)(c1ccccc1)c1ccccc1. The summed E-state index contributed by atoms with van der Waals surface area (Å²) >= 11 is -3.43. The molecule has 4 aromatic carbocycles. The molecule has 0 fully saturated rings. The van der Waals surface area contributed by atoms with Gasteiger partial charge in [-0.1, -0.05) is 0 Å². The average molecular weight is 454 g/mol.